The van der Waals surface area contributed by atoms with Crippen LogP contribution in [0.2, 0.25) is 0 Å². The standard InChI is InChI=1S/C21H19N5/c1-14-7-5-10-16(24-14)20(17-11-6-8-15(2)25-17)19-13-23-21(26-19)18-9-3-4-12-22-18/h3-13,20H,1-2H3,(H,23,26). The Kier molecular flexibility index (Phi) is 4.27. The Hall–Kier alpha value is -3.34. The maximum atomic E-state index is 4.73. The lowest BCUT2D eigenvalue weighted by molar-refractivity contribution is 0.835. The molecular formula is C21H19N5. The first-order chi connectivity index (χ1) is 12.7. The van der Waals surface area contributed by atoms with Crippen LogP contribution in [0.1, 0.15) is 34.4 Å². The van der Waals surface area contributed by atoms with Crippen molar-refractivity contribution >= 4 is 0 Å². The Balaban J connectivity index is 1.82. The Labute approximate surface area is 152 Å². The fourth-order valence-corrected chi connectivity index (χ4v) is 3.04. The number of H-pyrrole nitrogens is 1. The van der Waals surface area contributed by atoms with E-state index in [1.54, 1.807) is 6.20 Å². The third-order valence-corrected chi connectivity index (χ3v) is 4.23. The molecule has 0 aliphatic heterocycles. The third kappa shape index (κ3) is 3.24. The molecule has 0 saturated carbocycles. The summed E-state index contributed by atoms with van der Waals surface area (Å²) >= 11 is 0. The molecule has 0 bridgehead atoms. The zero-order chi connectivity index (χ0) is 17.9. The summed E-state index contributed by atoms with van der Waals surface area (Å²) in [6.45, 7) is 3.99. The first-order valence-electron chi connectivity index (χ1n) is 8.54. The molecule has 0 aromatic carbocycles. The maximum absolute atomic E-state index is 4.73. The molecule has 0 spiro atoms. The first kappa shape index (κ1) is 16.1. The molecular weight excluding hydrogens is 322 g/mol. The average molecular weight is 341 g/mol. The summed E-state index contributed by atoms with van der Waals surface area (Å²) in [7, 11) is 0. The molecule has 4 rings (SSSR count). The van der Waals surface area contributed by atoms with Crippen molar-refractivity contribution in [3.63, 3.8) is 0 Å². The molecule has 0 aliphatic rings. The van der Waals surface area contributed by atoms with E-state index in [-0.39, 0.29) is 5.92 Å². The van der Waals surface area contributed by atoms with Gasteiger partial charge in [0.1, 0.15) is 5.69 Å². The van der Waals surface area contributed by atoms with Crippen LogP contribution in [-0.4, -0.2) is 24.9 Å². The van der Waals surface area contributed by atoms with E-state index in [4.69, 9.17) is 9.97 Å². The molecule has 0 fully saturated rings. The second-order valence-corrected chi connectivity index (χ2v) is 6.24. The quantitative estimate of drug-likeness (QED) is 0.608. The van der Waals surface area contributed by atoms with Gasteiger partial charge in [-0.15, -0.1) is 0 Å². The minimum Gasteiger partial charge on any atom is -0.340 e. The smallest absolute Gasteiger partial charge is 0.156 e. The van der Waals surface area contributed by atoms with E-state index in [9.17, 15) is 0 Å². The monoisotopic (exact) mass is 341 g/mol. The molecule has 5 heteroatoms. The van der Waals surface area contributed by atoms with Crippen LogP contribution in [0.15, 0.2) is 67.0 Å². The third-order valence-electron chi connectivity index (χ3n) is 4.23. The van der Waals surface area contributed by atoms with Gasteiger partial charge in [0.15, 0.2) is 5.82 Å². The van der Waals surface area contributed by atoms with Gasteiger partial charge in [-0.05, 0) is 50.2 Å². The van der Waals surface area contributed by atoms with Crippen LogP contribution in [0.25, 0.3) is 11.5 Å². The molecule has 26 heavy (non-hydrogen) atoms. The van der Waals surface area contributed by atoms with Crippen molar-refractivity contribution in [3.05, 3.63) is 95.5 Å². The first-order valence-corrected chi connectivity index (χ1v) is 8.54. The Morgan fingerprint density at radius 3 is 2.04 bits per heavy atom. The summed E-state index contributed by atoms with van der Waals surface area (Å²) in [5.74, 6) is 0.630. The van der Waals surface area contributed by atoms with E-state index in [0.717, 1.165) is 40.0 Å². The topological polar surface area (TPSA) is 67.3 Å². The summed E-state index contributed by atoms with van der Waals surface area (Å²) < 4.78 is 0. The minimum absolute atomic E-state index is 0.111. The van der Waals surface area contributed by atoms with Crippen LogP contribution in [0.4, 0.5) is 0 Å². The van der Waals surface area contributed by atoms with Crippen molar-refractivity contribution in [1.82, 2.24) is 24.9 Å². The van der Waals surface area contributed by atoms with Gasteiger partial charge in [0.25, 0.3) is 0 Å². The normalized spacial score (nSPS) is 11.0. The number of aromatic amines is 1. The number of imidazole rings is 1. The van der Waals surface area contributed by atoms with Gasteiger partial charge in [0.05, 0.1) is 23.0 Å². The van der Waals surface area contributed by atoms with Crippen LogP contribution in [-0.2, 0) is 0 Å². The van der Waals surface area contributed by atoms with Crippen LogP contribution < -0.4 is 0 Å². The molecule has 5 nitrogen and oxygen atoms in total. The highest BCUT2D eigenvalue weighted by Gasteiger charge is 2.22. The van der Waals surface area contributed by atoms with E-state index in [1.165, 1.54) is 0 Å². The van der Waals surface area contributed by atoms with Crippen molar-refractivity contribution < 1.29 is 0 Å². The number of nitrogens with one attached hydrogen (secondary N) is 1. The lowest BCUT2D eigenvalue weighted by atomic mass is 9.96. The van der Waals surface area contributed by atoms with E-state index in [1.807, 2.05) is 74.6 Å². The maximum Gasteiger partial charge on any atom is 0.156 e. The van der Waals surface area contributed by atoms with Gasteiger partial charge in [-0.2, -0.15) is 0 Å². The van der Waals surface area contributed by atoms with Crippen molar-refractivity contribution in [3.8, 4) is 11.5 Å². The van der Waals surface area contributed by atoms with Gasteiger partial charge >= 0.3 is 0 Å². The molecule has 4 heterocycles. The number of aromatic nitrogens is 5. The van der Waals surface area contributed by atoms with Crippen LogP contribution in [0.3, 0.4) is 0 Å². The molecule has 0 atom stereocenters. The van der Waals surface area contributed by atoms with Gasteiger partial charge < -0.3 is 4.98 Å². The number of rotatable bonds is 4. The van der Waals surface area contributed by atoms with Gasteiger partial charge in [-0.3, -0.25) is 15.0 Å². The molecule has 128 valence electrons. The van der Waals surface area contributed by atoms with Crippen molar-refractivity contribution in [2.75, 3.05) is 0 Å². The highest BCUT2D eigenvalue weighted by molar-refractivity contribution is 5.50. The zero-order valence-electron chi connectivity index (χ0n) is 14.7. The van der Waals surface area contributed by atoms with E-state index < -0.39 is 0 Å². The second kappa shape index (κ2) is 6.88. The number of hydrogen-bond donors (Lipinski definition) is 1. The molecule has 0 amide bonds. The summed E-state index contributed by atoms with van der Waals surface area (Å²) in [5, 5.41) is 0. The average Bonchev–Trinajstić information content (AvgIpc) is 3.12. The van der Waals surface area contributed by atoms with Crippen LogP contribution in [0, 0.1) is 13.8 Å². The van der Waals surface area contributed by atoms with E-state index in [0.29, 0.717) is 0 Å². The van der Waals surface area contributed by atoms with E-state index >= 15 is 0 Å². The number of nitrogens with zero attached hydrogens (tertiary/aromatic N) is 4. The van der Waals surface area contributed by atoms with Crippen LogP contribution in [0.5, 0.6) is 0 Å². The largest absolute Gasteiger partial charge is 0.340 e. The highest BCUT2D eigenvalue weighted by Crippen LogP contribution is 2.30. The zero-order valence-corrected chi connectivity index (χ0v) is 14.7. The Bertz CT molecular complexity index is 978. The predicted molar refractivity (Wildman–Crippen MR) is 101 cm³/mol. The predicted octanol–water partition coefficient (Wildman–Crippen LogP) is 4.06. The highest BCUT2D eigenvalue weighted by atomic mass is 15.0. The molecule has 0 unspecified atom stereocenters. The van der Waals surface area contributed by atoms with Crippen molar-refractivity contribution in [1.29, 1.82) is 0 Å². The number of pyridine rings is 3. The summed E-state index contributed by atoms with van der Waals surface area (Å²) in [5.41, 5.74) is 5.60. The number of hydrogen-bond acceptors (Lipinski definition) is 4. The van der Waals surface area contributed by atoms with Crippen molar-refractivity contribution in [2.24, 2.45) is 0 Å². The van der Waals surface area contributed by atoms with Gasteiger partial charge in [0, 0.05) is 23.8 Å². The summed E-state index contributed by atoms with van der Waals surface area (Å²) in [4.78, 5) is 21.8. The van der Waals surface area contributed by atoms with Gasteiger partial charge in [-0.25, -0.2) is 4.98 Å². The molecule has 4 aromatic heterocycles. The molecule has 0 radical (unpaired) electrons. The van der Waals surface area contributed by atoms with Crippen LogP contribution >= 0.6 is 0 Å². The molecule has 1 N–H and O–H groups in total. The molecule has 0 saturated heterocycles. The summed E-state index contributed by atoms with van der Waals surface area (Å²) in [6, 6.07) is 17.9. The van der Waals surface area contributed by atoms with E-state index in [2.05, 4.69) is 15.0 Å². The van der Waals surface area contributed by atoms with Crippen molar-refractivity contribution in [2.45, 2.75) is 19.8 Å². The molecule has 4 aromatic rings. The minimum atomic E-state index is -0.111. The van der Waals surface area contributed by atoms with Gasteiger partial charge in [0.2, 0.25) is 0 Å². The second-order valence-electron chi connectivity index (χ2n) is 6.24. The lowest BCUT2D eigenvalue weighted by Gasteiger charge is -2.15. The Morgan fingerprint density at radius 2 is 1.46 bits per heavy atom. The summed E-state index contributed by atoms with van der Waals surface area (Å²) in [6.07, 6.45) is 3.61. The fourth-order valence-electron chi connectivity index (χ4n) is 3.04. The molecule has 0 aliphatic carbocycles. The SMILES string of the molecule is Cc1cccc(C(c2cccc(C)n2)c2cnc(-c3ccccn3)[nH]2)n1. The van der Waals surface area contributed by atoms with Gasteiger partial charge in [-0.1, -0.05) is 18.2 Å². The fraction of sp³-hybridized carbons (Fsp3) is 0.143. The number of aryl methyl sites for hydroxylation is 2. The lowest BCUT2D eigenvalue weighted by Crippen LogP contribution is -2.09. The Morgan fingerprint density at radius 1 is 0.769 bits per heavy atom.